The molecule has 0 fully saturated rings. The molecule has 0 rings (SSSR count). The molecular weight excluding hydrogens is 152 g/mol. The molecule has 3 N–H and O–H groups in total. The van der Waals surface area contributed by atoms with Gasteiger partial charge in [-0.2, -0.15) is 0 Å². The van der Waals surface area contributed by atoms with E-state index in [9.17, 15) is 0 Å². The lowest BCUT2D eigenvalue weighted by atomic mass is 10.1. The van der Waals surface area contributed by atoms with E-state index in [1.807, 2.05) is 27.7 Å². The summed E-state index contributed by atoms with van der Waals surface area (Å²) < 4.78 is 5.33. The quantitative estimate of drug-likeness (QED) is 0.500. The molecule has 3 heteroatoms. The summed E-state index contributed by atoms with van der Waals surface area (Å²) in [7, 11) is 0. The molecule has 0 saturated carbocycles. The first-order valence-corrected chi connectivity index (χ1v) is 4.16. The molecule has 0 radical (unpaired) electrons. The average molecular weight is 170 g/mol. The van der Waals surface area contributed by atoms with Crippen LogP contribution in [0.1, 0.15) is 27.7 Å². The highest BCUT2D eigenvalue weighted by Crippen LogP contribution is 2.09. The van der Waals surface area contributed by atoms with E-state index in [2.05, 4.69) is 0 Å². The summed E-state index contributed by atoms with van der Waals surface area (Å²) in [5.74, 6) is 0.638. The Balaban J connectivity index is 4.28. The highest BCUT2D eigenvalue weighted by molar-refractivity contribution is 5.97. The average Bonchev–Trinajstić information content (AvgIpc) is 1.98. The first kappa shape index (κ1) is 11.0. The molecule has 0 aromatic rings. The van der Waals surface area contributed by atoms with Crippen molar-refractivity contribution >= 4 is 5.71 Å². The van der Waals surface area contributed by atoms with Gasteiger partial charge in [0.25, 0.3) is 0 Å². The van der Waals surface area contributed by atoms with Crippen molar-refractivity contribution in [2.24, 2.45) is 11.7 Å². The topological polar surface area (TPSA) is 59.1 Å². The lowest BCUT2D eigenvalue weighted by Gasteiger charge is -2.15. The number of allylic oxidation sites excluding steroid dienone is 1. The fourth-order valence-electron chi connectivity index (χ4n) is 0.731. The van der Waals surface area contributed by atoms with Crippen LogP contribution in [-0.2, 0) is 4.74 Å². The molecule has 0 aromatic heterocycles. The van der Waals surface area contributed by atoms with Gasteiger partial charge in [-0.05, 0) is 19.8 Å². The zero-order chi connectivity index (χ0) is 9.72. The molecule has 0 aliphatic rings. The monoisotopic (exact) mass is 170 g/mol. The maximum absolute atomic E-state index is 7.62. The van der Waals surface area contributed by atoms with Gasteiger partial charge in [-0.3, -0.25) is 0 Å². The lowest BCUT2D eigenvalue weighted by molar-refractivity contribution is 0.161. The minimum atomic E-state index is 0.0684. The Morgan fingerprint density at radius 1 is 1.33 bits per heavy atom. The molecule has 0 aliphatic carbocycles. The Kier molecular flexibility index (Phi) is 4.40. The Hall–Kier alpha value is -0.990. The van der Waals surface area contributed by atoms with Gasteiger partial charge in [-0.1, -0.05) is 13.8 Å². The lowest BCUT2D eigenvalue weighted by Crippen LogP contribution is -2.16. The van der Waals surface area contributed by atoms with Crippen LogP contribution in [0.3, 0.4) is 0 Å². The van der Waals surface area contributed by atoms with Crippen molar-refractivity contribution < 1.29 is 4.74 Å². The SMILES string of the molecule is CC(C)O/C(=C/N)C(=N)C(C)C. The Morgan fingerprint density at radius 3 is 2.08 bits per heavy atom. The third-order valence-corrected chi connectivity index (χ3v) is 1.36. The smallest absolute Gasteiger partial charge is 0.156 e. The third kappa shape index (κ3) is 3.42. The molecule has 0 amide bonds. The normalized spacial score (nSPS) is 12.3. The van der Waals surface area contributed by atoms with Crippen molar-refractivity contribution in [1.29, 1.82) is 5.41 Å². The van der Waals surface area contributed by atoms with Crippen LogP contribution in [0.4, 0.5) is 0 Å². The fourth-order valence-corrected chi connectivity index (χ4v) is 0.731. The molecule has 0 aromatic carbocycles. The van der Waals surface area contributed by atoms with Gasteiger partial charge in [0.15, 0.2) is 5.76 Å². The van der Waals surface area contributed by atoms with E-state index in [1.54, 1.807) is 0 Å². The van der Waals surface area contributed by atoms with Gasteiger partial charge in [-0.25, -0.2) is 0 Å². The maximum atomic E-state index is 7.62. The molecule has 0 aliphatic heterocycles. The van der Waals surface area contributed by atoms with E-state index in [-0.39, 0.29) is 12.0 Å². The Bertz CT molecular complexity index is 183. The highest BCUT2D eigenvalue weighted by Gasteiger charge is 2.11. The van der Waals surface area contributed by atoms with Crippen molar-refractivity contribution in [2.75, 3.05) is 0 Å². The second-order valence-electron chi connectivity index (χ2n) is 3.27. The summed E-state index contributed by atoms with van der Waals surface area (Å²) in [6.45, 7) is 7.71. The molecule has 3 nitrogen and oxygen atoms in total. The molecule has 0 saturated heterocycles. The van der Waals surface area contributed by atoms with E-state index in [0.717, 1.165) is 0 Å². The van der Waals surface area contributed by atoms with Crippen LogP contribution in [0.15, 0.2) is 12.0 Å². The van der Waals surface area contributed by atoms with Crippen LogP contribution in [0.5, 0.6) is 0 Å². The largest absolute Gasteiger partial charge is 0.488 e. The van der Waals surface area contributed by atoms with Crippen LogP contribution in [0, 0.1) is 11.3 Å². The predicted octanol–water partition coefficient (Wildman–Crippen LogP) is 1.89. The minimum absolute atomic E-state index is 0.0684. The van der Waals surface area contributed by atoms with Crippen LogP contribution in [0.2, 0.25) is 0 Å². The van der Waals surface area contributed by atoms with E-state index in [4.69, 9.17) is 15.9 Å². The minimum Gasteiger partial charge on any atom is -0.488 e. The van der Waals surface area contributed by atoms with E-state index in [0.29, 0.717) is 11.5 Å². The molecule has 0 spiro atoms. The molecule has 0 atom stereocenters. The van der Waals surface area contributed by atoms with Crippen LogP contribution < -0.4 is 5.73 Å². The summed E-state index contributed by atoms with van der Waals surface area (Å²) in [4.78, 5) is 0. The zero-order valence-corrected chi connectivity index (χ0v) is 8.22. The van der Waals surface area contributed by atoms with Crippen LogP contribution >= 0.6 is 0 Å². The Labute approximate surface area is 74.1 Å². The van der Waals surface area contributed by atoms with E-state index in [1.165, 1.54) is 6.20 Å². The van der Waals surface area contributed by atoms with Gasteiger partial charge < -0.3 is 15.9 Å². The van der Waals surface area contributed by atoms with Crippen LogP contribution in [-0.4, -0.2) is 11.8 Å². The van der Waals surface area contributed by atoms with Crippen molar-refractivity contribution in [1.82, 2.24) is 0 Å². The third-order valence-electron chi connectivity index (χ3n) is 1.36. The number of hydrogen-bond donors (Lipinski definition) is 2. The number of ether oxygens (including phenoxy) is 1. The number of nitrogens with one attached hydrogen (secondary N) is 1. The summed E-state index contributed by atoms with van der Waals surface area (Å²) in [6.07, 6.45) is 1.42. The molecule has 0 heterocycles. The second kappa shape index (κ2) is 4.80. The van der Waals surface area contributed by atoms with Gasteiger partial charge in [0.1, 0.15) is 0 Å². The molecular formula is C9H18N2O. The van der Waals surface area contributed by atoms with Gasteiger partial charge >= 0.3 is 0 Å². The summed E-state index contributed by atoms with van der Waals surface area (Å²) in [5, 5.41) is 7.62. The van der Waals surface area contributed by atoms with Gasteiger partial charge in [-0.15, -0.1) is 0 Å². The van der Waals surface area contributed by atoms with Gasteiger partial charge in [0.05, 0.1) is 11.8 Å². The summed E-state index contributed by atoms with van der Waals surface area (Å²) in [6, 6.07) is 0. The van der Waals surface area contributed by atoms with Crippen LogP contribution in [0.25, 0.3) is 0 Å². The zero-order valence-electron chi connectivity index (χ0n) is 8.22. The standard InChI is InChI=1S/C9H18N2O/c1-6(2)9(11)8(5-10)12-7(3)4/h5-7,11H,10H2,1-4H3/b8-5+,11-9?. The predicted molar refractivity (Wildman–Crippen MR) is 51.1 cm³/mol. The summed E-state index contributed by atoms with van der Waals surface area (Å²) in [5.41, 5.74) is 5.78. The number of rotatable bonds is 4. The van der Waals surface area contributed by atoms with Gasteiger partial charge in [0.2, 0.25) is 0 Å². The molecule has 0 bridgehead atoms. The first-order chi connectivity index (χ1) is 5.49. The van der Waals surface area contributed by atoms with Crippen molar-refractivity contribution in [3.05, 3.63) is 12.0 Å². The van der Waals surface area contributed by atoms with E-state index >= 15 is 0 Å². The van der Waals surface area contributed by atoms with Crippen molar-refractivity contribution in [3.8, 4) is 0 Å². The van der Waals surface area contributed by atoms with Gasteiger partial charge in [0, 0.05) is 6.20 Å². The van der Waals surface area contributed by atoms with Crippen molar-refractivity contribution in [3.63, 3.8) is 0 Å². The number of hydrogen-bond acceptors (Lipinski definition) is 3. The first-order valence-electron chi connectivity index (χ1n) is 4.16. The molecule has 12 heavy (non-hydrogen) atoms. The Morgan fingerprint density at radius 2 is 1.83 bits per heavy atom. The number of nitrogens with two attached hydrogens (primary N) is 1. The maximum Gasteiger partial charge on any atom is 0.156 e. The summed E-state index contributed by atoms with van der Waals surface area (Å²) >= 11 is 0. The van der Waals surface area contributed by atoms with Crippen molar-refractivity contribution in [2.45, 2.75) is 33.8 Å². The molecule has 0 unspecified atom stereocenters. The fraction of sp³-hybridized carbons (Fsp3) is 0.667. The highest BCUT2D eigenvalue weighted by atomic mass is 16.5. The molecule has 70 valence electrons. The van der Waals surface area contributed by atoms with E-state index < -0.39 is 0 Å². The second-order valence-corrected chi connectivity index (χ2v) is 3.27.